The minimum Gasteiger partial charge on any atom is -0.293 e. The highest BCUT2D eigenvalue weighted by molar-refractivity contribution is 7.98. The molecule has 0 N–H and O–H groups in total. The molecule has 5 heteroatoms. The molecule has 2 aromatic rings. The van der Waals surface area contributed by atoms with Crippen LogP contribution in [0.1, 0.15) is 23.1 Å². The van der Waals surface area contributed by atoms with E-state index >= 15 is 0 Å². The Morgan fingerprint density at radius 3 is 2.76 bits per heavy atom. The molecule has 0 fully saturated rings. The van der Waals surface area contributed by atoms with E-state index in [1.807, 2.05) is 37.4 Å². The van der Waals surface area contributed by atoms with Crippen LogP contribution in [0.5, 0.6) is 0 Å². The maximum absolute atomic E-state index is 11.3. The van der Waals surface area contributed by atoms with Gasteiger partial charge in [0.15, 0.2) is 11.5 Å². The van der Waals surface area contributed by atoms with E-state index in [0.717, 1.165) is 16.3 Å². The van der Waals surface area contributed by atoms with Crippen molar-refractivity contribution < 1.29 is 4.79 Å². The standard InChI is InChI=1S/C12H13N3OS/c1-8-12(9(2)16)13-14-15(8)10-5-4-6-11(7-10)17-3/h4-7H,1-3H3. The lowest BCUT2D eigenvalue weighted by atomic mass is 10.2. The Morgan fingerprint density at radius 1 is 1.41 bits per heavy atom. The van der Waals surface area contributed by atoms with Gasteiger partial charge in [-0.3, -0.25) is 4.79 Å². The fraction of sp³-hybridized carbons (Fsp3) is 0.250. The molecule has 0 spiro atoms. The number of thioether (sulfide) groups is 1. The number of ketones is 1. The number of nitrogens with zero attached hydrogens (tertiary/aromatic N) is 3. The monoisotopic (exact) mass is 247 g/mol. The van der Waals surface area contributed by atoms with E-state index in [-0.39, 0.29) is 5.78 Å². The maximum atomic E-state index is 11.3. The fourth-order valence-corrected chi connectivity index (χ4v) is 2.10. The van der Waals surface area contributed by atoms with Gasteiger partial charge in [0, 0.05) is 11.8 Å². The van der Waals surface area contributed by atoms with Crippen molar-refractivity contribution in [1.29, 1.82) is 0 Å². The molecule has 0 aliphatic heterocycles. The SMILES string of the molecule is CSc1cccc(-n2nnc(C(C)=O)c2C)c1. The van der Waals surface area contributed by atoms with Gasteiger partial charge in [-0.2, -0.15) is 0 Å². The topological polar surface area (TPSA) is 47.8 Å². The number of Topliss-reactive ketones (excluding diaryl/α,β-unsaturated/α-hetero) is 1. The van der Waals surface area contributed by atoms with Gasteiger partial charge in [-0.1, -0.05) is 11.3 Å². The number of rotatable bonds is 3. The molecule has 4 nitrogen and oxygen atoms in total. The molecule has 0 unspecified atom stereocenters. The van der Waals surface area contributed by atoms with Crippen LogP contribution in [-0.2, 0) is 0 Å². The molecule has 2 rings (SSSR count). The molecule has 17 heavy (non-hydrogen) atoms. The minimum absolute atomic E-state index is 0.0604. The van der Waals surface area contributed by atoms with E-state index in [9.17, 15) is 4.79 Å². The third kappa shape index (κ3) is 2.24. The Balaban J connectivity index is 2.49. The summed E-state index contributed by atoms with van der Waals surface area (Å²) in [5.74, 6) is -0.0604. The van der Waals surface area contributed by atoms with Crippen LogP contribution in [0.15, 0.2) is 29.2 Å². The molecule has 0 radical (unpaired) electrons. The van der Waals surface area contributed by atoms with Gasteiger partial charge in [0.2, 0.25) is 0 Å². The fourth-order valence-electron chi connectivity index (χ4n) is 1.64. The van der Waals surface area contributed by atoms with E-state index in [4.69, 9.17) is 0 Å². The molecule has 0 amide bonds. The highest BCUT2D eigenvalue weighted by Crippen LogP contribution is 2.19. The van der Waals surface area contributed by atoms with Crippen LogP contribution in [0.3, 0.4) is 0 Å². The van der Waals surface area contributed by atoms with Gasteiger partial charge in [-0.15, -0.1) is 16.9 Å². The number of aromatic nitrogens is 3. The van der Waals surface area contributed by atoms with E-state index in [0.29, 0.717) is 5.69 Å². The Hall–Kier alpha value is -1.62. The lowest BCUT2D eigenvalue weighted by Crippen LogP contribution is -2.01. The van der Waals surface area contributed by atoms with Crippen LogP contribution >= 0.6 is 11.8 Å². The van der Waals surface area contributed by atoms with Crippen LogP contribution < -0.4 is 0 Å². The molecule has 0 saturated carbocycles. The molecule has 0 aliphatic rings. The molecule has 1 heterocycles. The predicted octanol–water partition coefficient (Wildman–Crippen LogP) is 2.50. The summed E-state index contributed by atoms with van der Waals surface area (Å²) in [5, 5.41) is 7.92. The maximum Gasteiger partial charge on any atom is 0.181 e. The van der Waals surface area contributed by atoms with Gasteiger partial charge in [0.1, 0.15) is 0 Å². The molecule has 1 aromatic carbocycles. The first-order valence-corrected chi connectivity index (χ1v) is 6.43. The average molecular weight is 247 g/mol. The van der Waals surface area contributed by atoms with Crippen molar-refractivity contribution in [3.8, 4) is 5.69 Å². The Bertz CT molecular complexity index is 563. The quantitative estimate of drug-likeness (QED) is 0.617. The normalized spacial score (nSPS) is 10.5. The molecular formula is C12H13N3OS. The zero-order chi connectivity index (χ0) is 12.4. The zero-order valence-corrected chi connectivity index (χ0v) is 10.8. The van der Waals surface area contributed by atoms with Crippen molar-refractivity contribution in [1.82, 2.24) is 15.0 Å². The summed E-state index contributed by atoms with van der Waals surface area (Å²) >= 11 is 1.67. The number of hydrogen-bond donors (Lipinski definition) is 0. The van der Waals surface area contributed by atoms with Crippen LogP contribution in [0.4, 0.5) is 0 Å². The van der Waals surface area contributed by atoms with Gasteiger partial charge in [0.05, 0.1) is 11.4 Å². The van der Waals surface area contributed by atoms with Crippen molar-refractivity contribution in [3.63, 3.8) is 0 Å². The van der Waals surface area contributed by atoms with Crippen LogP contribution in [0.25, 0.3) is 5.69 Å². The number of benzene rings is 1. The van der Waals surface area contributed by atoms with E-state index in [2.05, 4.69) is 10.3 Å². The smallest absolute Gasteiger partial charge is 0.181 e. The van der Waals surface area contributed by atoms with Gasteiger partial charge in [-0.05, 0) is 31.4 Å². The predicted molar refractivity (Wildman–Crippen MR) is 67.9 cm³/mol. The van der Waals surface area contributed by atoms with Gasteiger partial charge >= 0.3 is 0 Å². The highest BCUT2D eigenvalue weighted by Gasteiger charge is 2.13. The average Bonchev–Trinajstić information content (AvgIpc) is 2.71. The lowest BCUT2D eigenvalue weighted by molar-refractivity contribution is 0.101. The molecule has 0 bridgehead atoms. The Morgan fingerprint density at radius 2 is 2.18 bits per heavy atom. The van der Waals surface area contributed by atoms with E-state index < -0.39 is 0 Å². The molecular weight excluding hydrogens is 234 g/mol. The van der Waals surface area contributed by atoms with Crippen molar-refractivity contribution in [2.24, 2.45) is 0 Å². The highest BCUT2D eigenvalue weighted by atomic mass is 32.2. The summed E-state index contributed by atoms with van der Waals surface area (Å²) in [6, 6.07) is 7.98. The van der Waals surface area contributed by atoms with E-state index in [1.54, 1.807) is 16.4 Å². The summed E-state index contributed by atoms with van der Waals surface area (Å²) in [5.41, 5.74) is 2.13. The lowest BCUT2D eigenvalue weighted by Gasteiger charge is -2.04. The molecule has 0 aliphatic carbocycles. The number of carbonyl (C=O) groups is 1. The molecule has 0 atom stereocenters. The van der Waals surface area contributed by atoms with Crippen LogP contribution in [-0.4, -0.2) is 27.0 Å². The van der Waals surface area contributed by atoms with Crippen LogP contribution in [0, 0.1) is 6.92 Å². The molecule has 1 aromatic heterocycles. The van der Waals surface area contributed by atoms with Crippen LogP contribution in [0.2, 0.25) is 0 Å². The number of hydrogen-bond acceptors (Lipinski definition) is 4. The largest absolute Gasteiger partial charge is 0.293 e. The molecule has 0 saturated heterocycles. The molecule has 88 valence electrons. The second kappa shape index (κ2) is 4.71. The summed E-state index contributed by atoms with van der Waals surface area (Å²) in [4.78, 5) is 12.5. The summed E-state index contributed by atoms with van der Waals surface area (Å²) in [6.07, 6.45) is 2.02. The summed E-state index contributed by atoms with van der Waals surface area (Å²) in [6.45, 7) is 3.35. The van der Waals surface area contributed by atoms with Gasteiger partial charge < -0.3 is 0 Å². The van der Waals surface area contributed by atoms with E-state index in [1.165, 1.54) is 6.92 Å². The Kier molecular flexibility index (Phi) is 3.28. The third-order valence-electron chi connectivity index (χ3n) is 2.53. The first kappa shape index (κ1) is 11.9. The van der Waals surface area contributed by atoms with Gasteiger partial charge in [0.25, 0.3) is 0 Å². The minimum atomic E-state index is -0.0604. The van der Waals surface area contributed by atoms with Crippen molar-refractivity contribution in [2.75, 3.05) is 6.26 Å². The van der Waals surface area contributed by atoms with Gasteiger partial charge in [-0.25, -0.2) is 4.68 Å². The number of carbonyl (C=O) groups excluding carboxylic acids is 1. The van der Waals surface area contributed by atoms with Crippen molar-refractivity contribution in [3.05, 3.63) is 35.7 Å². The second-order valence-electron chi connectivity index (χ2n) is 3.69. The summed E-state index contributed by atoms with van der Waals surface area (Å²) < 4.78 is 1.69. The zero-order valence-electron chi connectivity index (χ0n) is 9.97. The Labute approximate surface area is 104 Å². The van der Waals surface area contributed by atoms with Crippen molar-refractivity contribution in [2.45, 2.75) is 18.7 Å². The first-order chi connectivity index (χ1) is 8.13. The summed E-state index contributed by atoms with van der Waals surface area (Å²) in [7, 11) is 0. The third-order valence-corrected chi connectivity index (χ3v) is 3.25. The first-order valence-electron chi connectivity index (χ1n) is 5.21. The van der Waals surface area contributed by atoms with Crippen molar-refractivity contribution >= 4 is 17.5 Å². The second-order valence-corrected chi connectivity index (χ2v) is 4.57.